The van der Waals surface area contributed by atoms with Gasteiger partial charge in [-0.25, -0.2) is 14.4 Å². The van der Waals surface area contributed by atoms with Crippen LogP contribution in [0.3, 0.4) is 0 Å². The predicted octanol–water partition coefficient (Wildman–Crippen LogP) is 2.30. The highest BCUT2D eigenvalue weighted by Crippen LogP contribution is 2.30. The summed E-state index contributed by atoms with van der Waals surface area (Å²) in [7, 11) is 2.40. The first-order chi connectivity index (χ1) is 12.8. The SMILES string of the molecule is COC(=O)C1=C(C(=O)OC)N(c2ccc(Cl)c(C(=O)OC(C)C)c2)COC1. The summed E-state index contributed by atoms with van der Waals surface area (Å²) in [5.41, 5.74) is 0.506. The number of benzene rings is 1. The van der Waals surface area contributed by atoms with Gasteiger partial charge in [0.05, 0.1) is 43.1 Å². The Kier molecular flexibility index (Phi) is 6.81. The normalized spacial score (nSPS) is 14.2. The van der Waals surface area contributed by atoms with Crippen molar-refractivity contribution in [2.75, 3.05) is 32.5 Å². The van der Waals surface area contributed by atoms with Crippen molar-refractivity contribution in [3.63, 3.8) is 0 Å². The van der Waals surface area contributed by atoms with Crippen LogP contribution in [-0.2, 0) is 28.5 Å². The summed E-state index contributed by atoms with van der Waals surface area (Å²) >= 11 is 6.11. The van der Waals surface area contributed by atoms with E-state index in [4.69, 9.17) is 30.5 Å². The highest BCUT2D eigenvalue weighted by Gasteiger charge is 2.33. The number of carbonyl (C=O) groups excluding carboxylic acids is 3. The molecular weight excluding hydrogens is 378 g/mol. The molecule has 1 aliphatic rings. The van der Waals surface area contributed by atoms with Gasteiger partial charge in [0.1, 0.15) is 12.4 Å². The van der Waals surface area contributed by atoms with Gasteiger partial charge >= 0.3 is 17.9 Å². The monoisotopic (exact) mass is 397 g/mol. The molecule has 9 heteroatoms. The molecule has 2 rings (SSSR count). The molecule has 0 aromatic heterocycles. The maximum atomic E-state index is 12.3. The van der Waals surface area contributed by atoms with Crippen LogP contribution in [0.25, 0.3) is 0 Å². The number of halogens is 1. The van der Waals surface area contributed by atoms with Gasteiger partial charge < -0.3 is 23.8 Å². The molecule has 1 aromatic rings. The molecule has 1 heterocycles. The summed E-state index contributed by atoms with van der Waals surface area (Å²) in [6.07, 6.45) is -0.327. The first-order valence-electron chi connectivity index (χ1n) is 8.05. The molecule has 27 heavy (non-hydrogen) atoms. The molecule has 0 radical (unpaired) electrons. The standard InChI is InChI=1S/C18H20ClNO7/c1-10(2)27-17(22)12-7-11(5-6-14(12)19)20-9-26-8-13(16(21)24-3)15(20)18(23)25-4/h5-7,10H,8-9H2,1-4H3. The summed E-state index contributed by atoms with van der Waals surface area (Å²) in [5.74, 6) is -2.06. The number of esters is 3. The largest absolute Gasteiger partial charge is 0.466 e. The third-order valence-electron chi connectivity index (χ3n) is 3.66. The minimum Gasteiger partial charge on any atom is -0.466 e. The molecule has 0 bridgehead atoms. The van der Waals surface area contributed by atoms with Crippen LogP contribution in [0.4, 0.5) is 5.69 Å². The topological polar surface area (TPSA) is 91.4 Å². The smallest absolute Gasteiger partial charge is 0.355 e. The van der Waals surface area contributed by atoms with Gasteiger partial charge in [0.15, 0.2) is 0 Å². The molecule has 8 nitrogen and oxygen atoms in total. The molecule has 0 N–H and O–H groups in total. The van der Waals surface area contributed by atoms with Crippen molar-refractivity contribution in [1.82, 2.24) is 0 Å². The van der Waals surface area contributed by atoms with Gasteiger partial charge in [-0.05, 0) is 32.0 Å². The van der Waals surface area contributed by atoms with Crippen molar-refractivity contribution in [3.05, 3.63) is 40.1 Å². The Labute approximate surface area is 161 Å². The van der Waals surface area contributed by atoms with Crippen molar-refractivity contribution in [2.45, 2.75) is 20.0 Å². The van der Waals surface area contributed by atoms with E-state index >= 15 is 0 Å². The quantitative estimate of drug-likeness (QED) is 0.552. The van der Waals surface area contributed by atoms with Gasteiger partial charge in [0.25, 0.3) is 0 Å². The lowest BCUT2D eigenvalue weighted by Gasteiger charge is -2.31. The Bertz CT molecular complexity index is 788. The number of hydrogen-bond acceptors (Lipinski definition) is 8. The number of anilines is 1. The summed E-state index contributed by atoms with van der Waals surface area (Å²) in [6.45, 7) is 3.29. The van der Waals surface area contributed by atoms with Gasteiger partial charge in [-0.1, -0.05) is 11.6 Å². The summed E-state index contributed by atoms with van der Waals surface area (Å²) in [5, 5.41) is 0.194. The van der Waals surface area contributed by atoms with Gasteiger partial charge in [0.2, 0.25) is 0 Å². The first-order valence-corrected chi connectivity index (χ1v) is 8.43. The van der Waals surface area contributed by atoms with Crippen LogP contribution >= 0.6 is 11.6 Å². The molecule has 0 amide bonds. The van der Waals surface area contributed by atoms with E-state index in [1.165, 1.54) is 31.3 Å². The predicted molar refractivity (Wildman–Crippen MR) is 96.4 cm³/mol. The Morgan fingerprint density at radius 1 is 1.11 bits per heavy atom. The fourth-order valence-corrected chi connectivity index (χ4v) is 2.66. The maximum Gasteiger partial charge on any atom is 0.355 e. The molecule has 0 saturated carbocycles. The molecule has 0 saturated heterocycles. The molecule has 1 aliphatic heterocycles. The lowest BCUT2D eigenvalue weighted by atomic mass is 10.1. The van der Waals surface area contributed by atoms with Gasteiger partial charge in [-0.3, -0.25) is 0 Å². The van der Waals surface area contributed by atoms with Crippen LogP contribution in [0, 0.1) is 0 Å². The minimum atomic E-state index is -0.736. The number of ether oxygens (including phenoxy) is 4. The van der Waals surface area contributed by atoms with Crippen LogP contribution in [0.2, 0.25) is 5.02 Å². The summed E-state index contributed by atoms with van der Waals surface area (Å²) in [6, 6.07) is 4.54. The zero-order chi connectivity index (χ0) is 20.1. The van der Waals surface area contributed by atoms with Gasteiger partial charge in [0, 0.05) is 5.69 Å². The lowest BCUT2D eigenvalue weighted by Crippen LogP contribution is -2.38. The molecular formula is C18H20ClNO7. The van der Waals surface area contributed by atoms with E-state index in [9.17, 15) is 14.4 Å². The zero-order valence-corrected chi connectivity index (χ0v) is 16.2. The Balaban J connectivity index is 2.53. The average Bonchev–Trinajstić information content (AvgIpc) is 2.65. The lowest BCUT2D eigenvalue weighted by molar-refractivity contribution is -0.140. The molecule has 0 aliphatic carbocycles. The van der Waals surface area contributed by atoms with Crippen molar-refractivity contribution < 1.29 is 33.3 Å². The van der Waals surface area contributed by atoms with E-state index in [-0.39, 0.29) is 41.3 Å². The Morgan fingerprint density at radius 2 is 1.78 bits per heavy atom. The van der Waals surface area contributed by atoms with Crippen molar-refractivity contribution in [1.29, 1.82) is 0 Å². The molecule has 0 fully saturated rings. The van der Waals surface area contributed by atoms with E-state index in [1.54, 1.807) is 19.9 Å². The van der Waals surface area contributed by atoms with Crippen LogP contribution in [-0.4, -0.2) is 51.6 Å². The number of rotatable bonds is 5. The van der Waals surface area contributed by atoms with E-state index in [1.807, 2.05) is 0 Å². The first kappa shape index (κ1) is 20.7. The molecule has 1 aromatic carbocycles. The van der Waals surface area contributed by atoms with Crippen molar-refractivity contribution >= 4 is 35.2 Å². The molecule has 0 unspecified atom stereocenters. The third-order valence-corrected chi connectivity index (χ3v) is 3.99. The van der Waals surface area contributed by atoms with Crippen molar-refractivity contribution in [3.8, 4) is 0 Å². The second-order valence-corrected chi connectivity index (χ2v) is 6.24. The van der Waals surface area contributed by atoms with Crippen LogP contribution in [0.1, 0.15) is 24.2 Å². The van der Waals surface area contributed by atoms with E-state index < -0.39 is 17.9 Å². The number of nitrogens with zero attached hydrogens (tertiary/aromatic N) is 1. The van der Waals surface area contributed by atoms with Crippen LogP contribution in [0.5, 0.6) is 0 Å². The highest BCUT2D eigenvalue weighted by atomic mass is 35.5. The van der Waals surface area contributed by atoms with Crippen LogP contribution < -0.4 is 4.90 Å². The number of hydrogen-bond donors (Lipinski definition) is 0. The highest BCUT2D eigenvalue weighted by molar-refractivity contribution is 6.33. The number of carbonyl (C=O) groups is 3. The maximum absolute atomic E-state index is 12.3. The third kappa shape index (κ3) is 4.58. The van der Waals surface area contributed by atoms with Gasteiger partial charge in [-0.15, -0.1) is 0 Å². The van der Waals surface area contributed by atoms with E-state index in [0.29, 0.717) is 5.69 Å². The van der Waals surface area contributed by atoms with Crippen LogP contribution in [0.15, 0.2) is 29.5 Å². The van der Waals surface area contributed by atoms with E-state index in [0.717, 1.165) is 0 Å². The molecule has 0 spiro atoms. The van der Waals surface area contributed by atoms with Crippen molar-refractivity contribution in [2.24, 2.45) is 0 Å². The summed E-state index contributed by atoms with van der Waals surface area (Å²) < 4.78 is 20.1. The Morgan fingerprint density at radius 3 is 2.37 bits per heavy atom. The number of methoxy groups -OCH3 is 2. The second kappa shape index (κ2) is 8.88. The summed E-state index contributed by atoms with van der Waals surface area (Å²) in [4.78, 5) is 38.0. The molecule has 0 atom stereocenters. The fraction of sp³-hybridized carbons (Fsp3) is 0.389. The van der Waals surface area contributed by atoms with Gasteiger partial charge in [-0.2, -0.15) is 0 Å². The second-order valence-electron chi connectivity index (χ2n) is 5.83. The average molecular weight is 398 g/mol. The Hall–Kier alpha value is -2.58. The fourth-order valence-electron chi connectivity index (χ4n) is 2.46. The van der Waals surface area contributed by atoms with E-state index in [2.05, 4.69) is 0 Å². The minimum absolute atomic E-state index is 0.0110. The molecule has 146 valence electrons. The zero-order valence-electron chi connectivity index (χ0n) is 15.4.